The van der Waals surface area contributed by atoms with Crippen molar-refractivity contribution in [2.24, 2.45) is 0 Å². The first-order valence-corrected chi connectivity index (χ1v) is 15.3. The van der Waals surface area contributed by atoms with Crippen LogP contribution < -0.4 is 3.22 Å². The van der Waals surface area contributed by atoms with Gasteiger partial charge in [-0.1, -0.05) is 6.07 Å². The summed E-state index contributed by atoms with van der Waals surface area (Å²) in [5.74, 6) is 0. The quantitative estimate of drug-likeness (QED) is 0.354. The first-order chi connectivity index (χ1) is 15.1. The molecule has 1 aromatic carbocycles. The molecule has 1 aromatic heterocycles. The molecule has 0 bridgehead atoms. The average Bonchev–Trinajstić information content (AvgIpc) is 2.69. The second kappa shape index (κ2) is 15.1. The average molecular weight is 636 g/mol. The third-order valence-electron chi connectivity index (χ3n) is 5.15. The van der Waals surface area contributed by atoms with Crippen LogP contribution in [0.1, 0.15) is 61.0 Å². The molecule has 0 saturated carbocycles. The van der Waals surface area contributed by atoms with Gasteiger partial charge in [0.2, 0.25) is 0 Å². The van der Waals surface area contributed by atoms with Crippen LogP contribution in [0.2, 0.25) is 0 Å². The van der Waals surface area contributed by atoms with Gasteiger partial charge in [-0.3, -0.25) is 4.98 Å². The molecule has 0 atom stereocenters. The van der Waals surface area contributed by atoms with Crippen molar-refractivity contribution in [3.8, 4) is 0 Å². The minimum atomic E-state index is -0.825. The van der Waals surface area contributed by atoms with Crippen LogP contribution in [0.4, 0.5) is 0 Å². The van der Waals surface area contributed by atoms with Gasteiger partial charge in [0, 0.05) is 12.4 Å². The molecule has 2 rings (SSSR count). The minimum absolute atomic E-state index is 0.556. The van der Waals surface area contributed by atoms with E-state index in [0.717, 1.165) is 6.54 Å². The Hall–Kier alpha value is -0.854. The third kappa shape index (κ3) is 9.96. The van der Waals surface area contributed by atoms with E-state index >= 15 is 0 Å². The molecule has 2 aromatic rings. The molecule has 1 heterocycles. The van der Waals surface area contributed by atoms with Crippen molar-refractivity contribution in [2.45, 2.75) is 89.9 Å². The molecular formula is C27H46N4Po. The van der Waals surface area contributed by atoms with E-state index in [1.807, 2.05) is 18.2 Å². The van der Waals surface area contributed by atoms with E-state index in [9.17, 15) is 0 Å². The Labute approximate surface area is 210 Å². The molecule has 0 radical (unpaired) electrons. The number of aromatic nitrogens is 1. The Bertz CT molecular complexity index is 669. The number of rotatable bonds is 10. The van der Waals surface area contributed by atoms with Crippen LogP contribution in [-0.4, -0.2) is 85.3 Å². The number of nitrogens with zero attached hydrogens (tertiary/aromatic N) is 4. The van der Waals surface area contributed by atoms with Gasteiger partial charge in [0.15, 0.2) is 0 Å². The second-order valence-corrected chi connectivity index (χ2v) is 13.8. The summed E-state index contributed by atoms with van der Waals surface area (Å²) in [6, 6.07) is 17.1. The largest absolute Gasteiger partial charge is 0.265 e. The fourth-order valence-corrected chi connectivity index (χ4v) is 11.3. The maximum absolute atomic E-state index is 3.78. The Balaban J connectivity index is 0.000000730. The Morgan fingerprint density at radius 2 is 1.16 bits per heavy atom. The molecule has 5 heteroatoms. The molecule has 0 amide bonds. The molecule has 0 aliphatic carbocycles. The molecule has 0 aliphatic heterocycles. The predicted molar refractivity (Wildman–Crippen MR) is 141 cm³/mol. The molecule has 0 aliphatic rings. The summed E-state index contributed by atoms with van der Waals surface area (Å²) in [6.07, 6.45) is 3.50. The SMILES string of the molecule is CC(C)N(C(C)C)[CH]([Po][c]1ccccc1CN(C)C)N(C(C)C)C(C)C.c1ccncc1. The van der Waals surface area contributed by atoms with Gasteiger partial charge in [-0.15, -0.1) is 0 Å². The van der Waals surface area contributed by atoms with Gasteiger partial charge in [0.05, 0.1) is 0 Å². The Morgan fingerprint density at radius 1 is 0.688 bits per heavy atom. The molecule has 0 saturated heterocycles. The van der Waals surface area contributed by atoms with Crippen LogP contribution in [0.15, 0.2) is 54.9 Å². The Kier molecular flexibility index (Phi) is 13.8. The number of benzene rings is 1. The molecule has 180 valence electrons. The molecule has 0 N–H and O–H groups in total. The zero-order chi connectivity index (χ0) is 24.3. The van der Waals surface area contributed by atoms with Crippen LogP contribution in [-0.2, 0) is 6.54 Å². The summed E-state index contributed by atoms with van der Waals surface area (Å²) in [7, 11) is 4.34. The summed E-state index contributed by atoms with van der Waals surface area (Å²) < 4.78 is 2.21. The summed E-state index contributed by atoms with van der Waals surface area (Å²) >= 11 is -0.825. The minimum Gasteiger partial charge on any atom is -0.265 e. The summed E-state index contributed by atoms with van der Waals surface area (Å²) in [4.78, 5) is 11.6. The van der Waals surface area contributed by atoms with E-state index in [1.165, 1.54) is 5.56 Å². The van der Waals surface area contributed by atoms with Gasteiger partial charge in [-0.25, -0.2) is 0 Å². The summed E-state index contributed by atoms with van der Waals surface area (Å²) in [6.45, 7) is 19.9. The molecule has 4 nitrogen and oxygen atoms in total. The van der Waals surface area contributed by atoms with Crippen LogP contribution in [0.25, 0.3) is 0 Å². The van der Waals surface area contributed by atoms with Gasteiger partial charge >= 0.3 is 175 Å². The zero-order valence-electron chi connectivity index (χ0n) is 22.0. The van der Waals surface area contributed by atoms with Gasteiger partial charge in [-0.2, -0.15) is 0 Å². The fourth-order valence-electron chi connectivity index (χ4n) is 4.00. The van der Waals surface area contributed by atoms with Crippen molar-refractivity contribution in [3.63, 3.8) is 0 Å². The topological polar surface area (TPSA) is 22.6 Å². The molecule has 0 spiro atoms. The van der Waals surface area contributed by atoms with Crippen molar-refractivity contribution in [1.29, 1.82) is 0 Å². The van der Waals surface area contributed by atoms with Gasteiger partial charge in [0.25, 0.3) is 0 Å². The predicted octanol–water partition coefficient (Wildman–Crippen LogP) is 4.68. The van der Waals surface area contributed by atoms with Crippen molar-refractivity contribution < 1.29 is 0 Å². The standard InChI is InChI=1S/C13H29N2.C9H12N.C5H5N.Po/c1-10(2)14(11(3)4)9-15(12(5)6)13(7)8;1-10(2)8-9-6-4-3-5-7-9;1-2-4-6-5-3-1;/h9-13H,1-8H3;3-6H,8H2,1-2H3;1-5H;. The maximum atomic E-state index is 3.78. The van der Waals surface area contributed by atoms with Crippen molar-refractivity contribution in [3.05, 3.63) is 60.4 Å². The summed E-state index contributed by atoms with van der Waals surface area (Å²) in [5.41, 5.74) is 1.52. The van der Waals surface area contributed by atoms with E-state index < -0.39 is 23.6 Å². The van der Waals surface area contributed by atoms with E-state index in [-0.39, 0.29) is 0 Å². The molecule has 0 unspecified atom stereocenters. The van der Waals surface area contributed by atoms with Gasteiger partial charge in [0.1, 0.15) is 0 Å². The van der Waals surface area contributed by atoms with Crippen molar-refractivity contribution in [1.82, 2.24) is 19.7 Å². The fraction of sp³-hybridized carbons (Fsp3) is 0.593. The maximum Gasteiger partial charge on any atom is 0.0267 e. The van der Waals surface area contributed by atoms with E-state index in [4.69, 9.17) is 0 Å². The van der Waals surface area contributed by atoms with Gasteiger partial charge < -0.3 is 0 Å². The third-order valence-corrected chi connectivity index (χ3v) is 10.4. The first-order valence-electron chi connectivity index (χ1n) is 11.8. The zero-order valence-corrected chi connectivity index (χ0v) is 25.2. The second-order valence-electron chi connectivity index (χ2n) is 9.58. The van der Waals surface area contributed by atoms with E-state index in [2.05, 4.69) is 113 Å². The smallest absolute Gasteiger partial charge is 0.0267 e. The molecule has 32 heavy (non-hydrogen) atoms. The van der Waals surface area contributed by atoms with Crippen molar-refractivity contribution in [2.75, 3.05) is 14.1 Å². The number of pyridine rings is 1. The van der Waals surface area contributed by atoms with Crippen molar-refractivity contribution >= 4 is 26.8 Å². The molecule has 0 fully saturated rings. The summed E-state index contributed by atoms with van der Waals surface area (Å²) in [5, 5.41) is 0. The molecular weight excluding hydrogens is 589 g/mol. The van der Waals surface area contributed by atoms with Crippen LogP contribution in [0.5, 0.6) is 0 Å². The number of hydrogen-bond acceptors (Lipinski definition) is 4. The van der Waals surface area contributed by atoms with E-state index in [0.29, 0.717) is 28.0 Å². The number of hydrogen-bond donors (Lipinski definition) is 0. The van der Waals surface area contributed by atoms with Crippen LogP contribution in [0, 0.1) is 0 Å². The van der Waals surface area contributed by atoms with Crippen LogP contribution >= 0.6 is 0 Å². The Morgan fingerprint density at radius 3 is 1.50 bits per heavy atom. The first kappa shape index (κ1) is 29.2. The normalized spacial score (nSPS) is 12.1. The monoisotopic (exact) mass is 635 g/mol. The van der Waals surface area contributed by atoms with Crippen LogP contribution in [0.3, 0.4) is 0 Å². The van der Waals surface area contributed by atoms with E-state index in [1.54, 1.807) is 15.6 Å². The van der Waals surface area contributed by atoms with Gasteiger partial charge in [-0.05, 0) is 12.1 Å².